The molecule has 0 radical (unpaired) electrons. The van der Waals surface area contributed by atoms with Crippen LogP contribution in [0.2, 0.25) is 0 Å². The van der Waals surface area contributed by atoms with Gasteiger partial charge in [-0.3, -0.25) is 9.59 Å². The van der Waals surface area contributed by atoms with E-state index in [9.17, 15) is 9.59 Å². The predicted octanol–water partition coefficient (Wildman–Crippen LogP) is 4.47. The predicted molar refractivity (Wildman–Crippen MR) is 133 cm³/mol. The number of hydrogen-bond donors (Lipinski definition) is 1. The van der Waals surface area contributed by atoms with Gasteiger partial charge in [-0.05, 0) is 65.6 Å². The van der Waals surface area contributed by atoms with E-state index >= 15 is 0 Å². The summed E-state index contributed by atoms with van der Waals surface area (Å²) in [6.07, 6.45) is 11.6. The van der Waals surface area contributed by atoms with Crippen LogP contribution in [0.25, 0.3) is 11.1 Å². The second kappa shape index (κ2) is 9.76. The number of hydrogen-bond acceptors (Lipinski definition) is 4. The summed E-state index contributed by atoms with van der Waals surface area (Å²) in [7, 11) is 0. The number of likely N-dealkylation sites (tertiary alicyclic amines) is 1. The third-order valence-electron chi connectivity index (χ3n) is 8.22. The van der Waals surface area contributed by atoms with E-state index in [4.69, 9.17) is 4.42 Å². The maximum absolute atomic E-state index is 13.8. The number of piperidine rings is 1. The van der Waals surface area contributed by atoms with E-state index < -0.39 is 5.54 Å². The van der Waals surface area contributed by atoms with Crippen LogP contribution in [0.1, 0.15) is 87.4 Å². The molecule has 2 fully saturated rings. The van der Waals surface area contributed by atoms with Gasteiger partial charge in [0.15, 0.2) is 5.58 Å². The van der Waals surface area contributed by atoms with Gasteiger partial charge in [-0.25, -0.2) is 0 Å². The fourth-order valence-corrected chi connectivity index (χ4v) is 6.21. The van der Waals surface area contributed by atoms with E-state index in [0.717, 1.165) is 68.6 Å². The number of nitrogens with one attached hydrogen (secondary N) is 1. The first kappa shape index (κ1) is 23.5. The molecule has 2 aromatic rings. The van der Waals surface area contributed by atoms with Crippen LogP contribution in [0, 0.1) is 6.92 Å². The third-order valence-corrected chi connectivity index (χ3v) is 8.22. The first-order valence-electron chi connectivity index (χ1n) is 13.4. The van der Waals surface area contributed by atoms with Gasteiger partial charge >= 0.3 is 0 Å². The van der Waals surface area contributed by atoms with Gasteiger partial charge in [0.2, 0.25) is 5.91 Å². The molecular weight excluding hydrogens is 428 g/mol. The van der Waals surface area contributed by atoms with E-state index in [1.807, 2.05) is 35.4 Å². The molecule has 1 aliphatic carbocycles. The maximum atomic E-state index is 13.8. The lowest BCUT2D eigenvalue weighted by molar-refractivity contribution is -0.133. The van der Waals surface area contributed by atoms with Crippen LogP contribution in [0.15, 0.2) is 16.5 Å². The van der Waals surface area contributed by atoms with Gasteiger partial charge in [-0.2, -0.15) is 0 Å². The van der Waals surface area contributed by atoms with Crippen LogP contribution in [-0.4, -0.2) is 63.9 Å². The Kier molecular flexibility index (Phi) is 6.74. The Labute approximate surface area is 202 Å². The number of nitrogens with zero attached hydrogens (tertiary/aromatic N) is 3. The van der Waals surface area contributed by atoms with Gasteiger partial charge in [0.25, 0.3) is 5.91 Å². The van der Waals surface area contributed by atoms with Crippen molar-refractivity contribution in [3.63, 3.8) is 0 Å². The normalized spacial score (nSPS) is 24.9. The Balaban J connectivity index is 1.39. The summed E-state index contributed by atoms with van der Waals surface area (Å²) in [6.45, 7) is 8.20. The molecule has 186 valence electrons. The van der Waals surface area contributed by atoms with Gasteiger partial charge in [0, 0.05) is 24.7 Å². The molecule has 1 unspecified atom stereocenters. The van der Waals surface area contributed by atoms with Crippen molar-refractivity contribution in [1.82, 2.24) is 19.7 Å². The maximum Gasteiger partial charge on any atom is 0.271 e. The molecule has 3 aliphatic rings. The zero-order chi connectivity index (χ0) is 23.7. The van der Waals surface area contributed by atoms with Crippen molar-refractivity contribution in [2.45, 2.75) is 96.2 Å². The quantitative estimate of drug-likeness (QED) is 0.635. The van der Waals surface area contributed by atoms with E-state index in [1.54, 1.807) is 0 Å². The summed E-state index contributed by atoms with van der Waals surface area (Å²) in [5.41, 5.74) is 1.34. The lowest BCUT2D eigenvalue weighted by Gasteiger charge is -2.45. The first-order valence-corrected chi connectivity index (χ1v) is 13.4. The van der Waals surface area contributed by atoms with Gasteiger partial charge in [0.1, 0.15) is 17.0 Å². The van der Waals surface area contributed by atoms with E-state index in [0.29, 0.717) is 18.8 Å². The van der Waals surface area contributed by atoms with Crippen LogP contribution < -0.4 is 5.32 Å². The molecule has 7 nitrogen and oxygen atoms in total. The Morgan fingerprint density at radius 1 is 1.06 bits per heavy atom. The summed E-state index contributed by atoms with van der Waals surface area (Å²) < 4.78 is 7.83. The highest BCUT2D eigenvalue weighted by Crippen LogP contribution is 2.34. The summed E-state index contributed by atoms with van der Waals surface area (Å²) >= 11 is 0. The molecule has 0 aromatic carbocycles. The number of carbonyl (C=O) groups is 2. The number of rotatable bonds is 6. The van der Waals surface area contributed by atoms with E-state index in [-0.39, 0.29) is 17.9 Å². The molecule has 7 heteroatoms. The largest absolute Gasteiger partial charge is 0.460 e. The summed E-state index contributed by atoms with van der Waals surface area (Å²) in [6, 6.07) is 4.03. The number of fused-ring (bicyclic) bond motifs is 3. The topological polar surface area (TPSA) is 70.7 Å². The van der Waals surface area contributed by atoms with Crippen molar-refractivity contribution in [3.8, 4) is 0 Å². The molecule has 2 amide bonds. The Bertz CT molecular complexity index is 1030. The molecule has 2 aliphatic heterocycles. The molecule has 5 rings (SSSR count). The summed E-state index contributed by atoms with van der Waals surface area (Å²) in [4.78, 5) is 32.0. The van der Waals surface area contributed by atoms with E-state index in [1.165, 1.54) is 32.1 Å². The van der Waals surface area contributed by atoms with Crippen LogP contribution in [0.3, 0.4) is 0 Å². The van der Waals surface area contributed by atoms with Crippen molar-refractivity contribution < 1.29 is 14.0 Å². The van der Waals surface area contributed by atoms with Gasteiger partial charge in [0.05, 0.1) is 12.1 Å². The van der Waals surface area contributed by atoms with Crippen LogP contribution in [0.5, 0.6) is 0 Å². The highest BCUT2D eigenvalue weighted by Gasteiger charge is 2.48. The minimum atomic E-state index is -0.921. The molecule has 0 spiro atoms. The molecule has 0 bridgehead atoms. The first-order chi connectivity index (χ1) is 16.5. The zero-order valence-electron chi connectivity index (χ0n) is 20.9. The molecule has 4 heterocycles. The molecule has 2 aromatic heterocycles. The van der Waals surface area contributed by atoms with Crippen LogP contribution in [0.4, 0.5) is 0 Å². The van der Waals surface area contributed by atoms with Gasteiger partial charge in [-0.1, -0.05) is 32.1 Å². The minimum absolute atomic E-state index is 0.0153. The SMILES string of the molecule is Cc1cc2c(cc3n2CC(C)(C(=O)NC2CCCCCC2)N(CCCN2CCCCC2)C3=O)o1. The highest BCUT2D eigenvalue weighted by atomic mass is 16.3. The second-order valence-electron chi connectivity index (χ2n) is 10.9. The average Bonchev–Trinajstić information content (AvgIpc) is 3.22. The average molecular weight is 469 g/mol. The molecule has 1 N–H and O–H groups in total. The molecule has 34 heavy (non-hydrogen) atoms. The smallest absolute Gasteiger partial charge is 0.271 e. The second-order valence-corrected chi connectivity index (χ2v) is 10.9. The van der Waals surface area contributed by atoms with Gasteiger partial charge in [-0.15, -0.1) is 0 Å². The number of amides is 2. The summed E-state index contributed by atoms with van der Waals surface area (Å²) in [5.74, 6) is 0.743. The molecule has 1 saturated heterocycles. The number of aryl methyl sites for hydroxylation is 1. The molecular formula is C27H40N4O3. The van der Waals surface area contributed by atoms with Crippen molar-refractivity contribution in [2.75, 3.05) is 26.2 Å². The van der Waals surface area contributed by atoms with Crippen molar-refractivity contribution in [2.24, 2.45) is 0 Å². The monoisotopic (exact) mass is 468 g/mol. The molecule has 1 atom stereocenters. The Morgan fingerprint density at radius 3 is 2.50 bits per heavy atom. The number of aromatic nitrogens is 1. The van der Waals surface area contributed by atoms with Crippen molar-refractivity contribution in [1.29, 1.82) is 0 Å². The fraction of sp³-hybridized carbons (Fsp3) is 0.704. The Hall–Kier alpha value is -2.28. The number of furan rings is 1. The fourth-order valence-electron chi connectivity index (χ4n) is 6.21. The number of carbonyl (C=O) groups excluding carboxylic acids is 2. The zero-order valence-corrected chi connectivity index (χ0v) is 20.9. The summed E-state index contributed by atoms with van der Waals surface area (Å²) in [5, 5.41) is 3.36. The highest BCUT2D eigenvalue weighted by molar-refractivity contribution is 6.03. The lowest BCUT2D eigenvalue weighted by Crippen LogP contribution is -2.65. The third kappa shape index (κ3) is 4.51. The Morgan fingerprint density at radius 2 is 1.76 bits per heavy atom. The van der Waals surface area contributed by atoms with Gasteiger partial charge < -0.3 is 24.1 Å². The van der Waals surface area contributed by atoms with Crippen LogP contribution in [-0.2, 0) is 11.3 Å². The van der Waals surface area contributed by atoms with Crippen molar-refractivity contribution >= 4 is 22.9 Å². The minimum Gasteiger partial charge on any atom is -0.460 e. The van der Waals surface area contributed by atoms with E-state index in [2.05, 4.69) is 10.2 Å². The molecule has 1 saturated carbocycles. The van der Waals surface area contributed by atoms with Crippen LogP contribution >= 0.6 is 0 Å². The standard InChI is InChI=1S/C27H40N4O3/c1-20-17-22-24(34-20)18-23-25(32)31(16-10-15-29-13-8-5-9-14-29)27(2,19-30(22)23)26(33)28-21-11-6-3-4-7-12-21/h17-18,21H,3-16,19H2,1-2H3,(H,28,33). The lowest BCUT2D eigenvalue weighted by atomic mass is 9.93. The van der Waals surface area contributed by atoms with Crippen molar-refractivity contribution in [3.05, 3.63) is 23.6 Å².